The number of Topliss-reactive ketones (excluding diaryl/α,β-unsaturated/α-hetero) is 1. The van der Waals surface area contributed by atoms with Gasteiger partial charge in [-0.3, -0.25) is 14.5 Å². The predicted octanol–water partition coefficient (Wildman–Crippen LogP) is 1.44. The van der Waals surface area contributed by atoms with E-state index in [1.54, 1.807) is 0 Å². The van der Waals surface area contributed by atoms with Crippen LogP contribution in [0, 0.1) is 17.8 Å². The lowest BCUT2D eigenvalue weighted by Crippen LogP contribution is -2.77. The minimum atomic E-state index is -1.45. The Bertz CT molecular complexity index is 1100. The number of ether oxygens (including phenoxy) is 2. The van der Waals surface area contributed by atoms with E-state index in [1.165, 1.54) is 32.1 Å². The summed E-state index contributed by atoms with van der Waals surface area (Å²) in [6.45, 7) is 6.37. The number of carbonyl (C=O) groups excluding carboxylic acids is 2. The van der Waals surface area contributed by atoms with Crippen LogP contribution < -0.4 is 16.4 Å². The van der Waals surface area contributed by atoms with Gasteiger partial charge >= 0.3 is 0 Å². The van der Waals surface area contributed by atoms with Crippen molar-refractivity contribution in [2.24, 2.45) is 23.5 Å². The van der Waals surface area contributed by atoms with Gasteiger partial charge in [-0.15, -0.1) is 0 Å². The molecule has 3 saturated carbocycles. The second kappa shape index (κ2) is 13.8. The maximum absolute atomic E-state index is 16.4. The number of nitrogens with one attached hydrogen (secondary N) is 2. The highest BCUT2D eigenvalue weighted by molar-refractivity contribution is 6.21. The first-order chi connectivity index (χ1) is 21.9. The summed E-state index contributed by atoms with van der Waals surface area (Å²) in [6.07, 6.45) is 10.7. The zero-order valence-electron chi connectivity index (χ0n) is 27.1. The van der Waals surface area contributed by atoms with Gasteiger partial charge in [0, 0.05) is 31.9 Å². The smallest absolute Gasteiger partial charge is 0.256 e. The van der Waals surface area contributed by atoms with E-state index < -0.39 is 30.3 Å². The molecule has 4 N–H and O–H groups in total. The van der Waals surface area contributed by atoms with Crippen LogP contribution in [-0.4, -0.2) is 135 Å². The molecule has 7 rings (SSSR count). The van der Waals surface area contributed by atoms with Crippen molar-refractivity contribution in [3.63, 3.8) is 0 Å². The van der Waals surface area contributed by atoms with Crippen LogP contribution in [0.5, 0.6) is 0 Å². The second-order valence-electron chi connectivity index (χ2n) is 15.0. The van der Waals surface area contributed by atoms with Gasteiger partial charge in [-0.05, 0) is 77.0 Å². The molecule has 0 aromatic carbocycles. The number of fused-ring (bicyclic) bond motifs is 3. The van der Waals surface area contributed by atoms with Crippen molar-refractivity contribution < 1.29 is 23.5 Å². The monoisotopic (exact) mass is 630 g/mol. The molecule has 252 valence electrons. The van der Waals surface area contributed by atoms with Crippen molar-refractivity contribution in [1.29, 1.82) is 0 Å². The summed E-state index contributed by atoms with van der Waals surface area (Å²) in [5, 5.41) is 6.51. The van der Waals surface area contributed by atoms with Gasteiger partial charge in [0.05, 0.1) is 61.1 Å². The summed E-state index contributed by atoms with van der Waals surface area (Å²) in [5.74, 6) is -0.0802. The number of nitrogens with zero attached hydrogens (tertiary/aromatic N) is 3. The van der Waals surface area contributed by atoms with Crippen molar-refractivity contribution in [3.05, 3.63) is 11.8 Å². The summed E-state index contributed by atoms with van der Waals surface area (Å²) >= 11 is 0. The van der Waals surface area contributed by atoms with Gasteiger partial charge in [-0.2, -0.15) is 0 Å². The number of carbonyl (C=O) groups is 2. The standard InChI is InChI=1S/C34H55FN6O4/c1-39-12-4-8-23(39)9-11-38-34(43)24-20-41-25-18-21-6-2-3-7-22(21)19-26(25)45-33-29(36)28(35)30(27(31(33)41)32(24)42)37-10-5-13-40-14-16-44-17-15-40/h20-23,25-31,33,37H,2-19,36H2,1H3,(H,38,43). The molecule has 3 aliphatic carbocycles. The molecular formula is C34H55FN6O4. The third kappa shape index (κ3) is 6.34. The quantitative estimate of drug-likeness (QED) is 0.257. The molecule has 0 aromatic heterocycles. The van der Waals surface area contributed by atoms with E-state index >= 15 is 4.39 Å². The van der Waals surface area contributed by atoms with E-state index in [2.05, 4.69) is 32.4 Å². The highest BCUT2D eigenvalue weighted by Crippen LogP contribution is 2.50. The third-order valence-electron chi connectivity index (χ3n) is 12.5. The number of ketones is 1. The number of hydrogen-bond donors (Lipinski definition) is 3. The SMILES string of the molecule is CN1CCCC1CCNC(=O)C1=CN2C3CC4CCCCC4CC3OC3C(N)C(F)C(NCCCN4CCOCC4)C(C1=O)C32. The number of likely N-dealkylation sites (tertiary alicyclic amines) is 1. The first-order valence-corrected chi connectivity index (χ1v) is 18.0. The van der Waals surface area contributed by atoms with Gasteiger partial charge in [0.25, 0.3) is 5.91 Å². The van der Waals surface area contributed by atoms with Gasteiger partial charge in [-0.1, -0.05) is 25.7 Å². The van der Waals surface area contributed by atoms with E-state index in [1.807, 2.05) is 6.20 Å². The normalized spacial score (nSPS) is 42.0. The van der Waals surface area contributed by atoms with Crippen LogP contribution in [0.1, 0.15) is 64.2 Å². The Morgan fingerprint density at radius 2 is 1.84 bits per heavy atom. The van der Waals surface area contributed by atoms with Crippen LogP contribution in [0.2, 0.25) is 0 Å². The molecule has 4 heterocycles. The van der Waals surface area contributed by atoms with Crippen LogP contribution in [0.4, 0.5) is 4.39 Å². The predicted molar refractivity (Wildman–Crippen MR) is 169 cm³/mol. The molecule has 10 nitrogen and oxygen atoms in total. The topological polar surface area (TPSA) is 112 Å². The maximum atomic E-state index is 16.4. The Hall–Kier alpha value is -1.63. The van der Waals surface area contributed by atoms with E-state index in [4.69, 9.17) is 15.2 Å². The van der Waals surface area contributed by atoms with Gasteiger partial charge in [0.1, 0.15) is 6.17 Å². The van der Waals surface area contributed by atoms with Crippen molar-refractivity contribution in [2.45, 2.75) is 113 Å². The van der Waals surface area contributed by atoms with Gasteiger partial charge in [0.2, 0.25) is 0 Å². The summed E-state index contributed by atoms with van der Waals surface area (Å²) in [7, 11) is 2.13. The van der Waals surface area contributed by atoms with Crippen LogP contribution >= 0.6 is 0 Å². The van der Waals surface area contributed by atoms with Gasteiger partial charge in [0.15, 0.2) is 5.78 Å². The van der Waals surface area contributed by atoms with Crippen LogP contribution in [-0.2, 0) is 19.1 Å². The summed E-state index contributed by atoms with van der Waals surface area (Å²) in [4.78, 5) is 35.1. The first-order valence-electron chi connectivity index (χ1n) is 18.0. The number of morpholine rings is 2. The lowest BCUT2D eigenvalue weighted by molar-refractivity contribution is -0.209. The van der Waals surface area contributed by atoms with Gasteiger partial charge < -0.3 is 35.6 Å². The Labute approximate surface area is 267 Å². The number of halogens is 1. The van der Waals surface area contributed by atoms with Crippen molar-refractivity contribution in [2.75, 3.05) is 59.5 Å². The van der Waals surface area contributed by atoms with Crippen molar-refractivity contribution in [1.82, 2.24) is 25.3 Å². The molecule has 11 unspecified atom stereocenters. The van der Waals surface area contributed by atoms with Crippen molar-refractivity contribution >= 4 is 11.7 Å². The fourth-order valence-corrected chi connectivity index (χ4v) is 9.98. The molecule has 0 radical (unpaired) electrons. The lowest BCUT2D eigenvalue weighted by Gasteiger charge is -2.61. The minimum absolute atomic E-state index is 0.0609. The number of nitrogens with two attached hydrogens (primary N) is 1. The average Bonchev–Trinajstić information content (AvgIpc) is 3.47. The molecule has 7 aliphatic rings. The zero-order valence-corrected chi connectivity index (χ0v) is 27.1. The number of alkyl halides is 1. The highest BCUT2D eigenvalue weighted by atomic mass is 19.1. The zero-order chi connectivity index (χ0) is 31.1. The molecule has 3 saturated heterocycles. The number of rotatable bonds is 9. The molecule has 11 heteroatoms. The lowest BCUT2D eigenvalue weighted by atomic mass is 9.64. The van der Waals surface area contributed by atoms with Crippen LogP contribution in [0.25, 0.3) is 0 Å². The first kappa shape index (κ1) is 31.9. The minimum Gasteiger partial charge on any atom is -0.379 e. The number of amides is 1. The van der Waals surface area contributed by atoms with Crippen molar-refractivity contribution in [3.8, 4) is 0 Å². The Morgan fingerprint density at radius 3 is 2.60 bits per heavy atom. The molecule has 1 amide bonds. The highest BCUT2D eigenvalue weighted by Gasteiger charge is 2.62. The van der Waals surface area contributed by atoms with E-state index in [0.717, 1.165) is 71.5 Å². The summed E-state index contributed by atoms with van der Waals surface area (Å²) in [6, 6.07) is -1.45. The maximum Gasteiger partial charge on any atom is 0.256 e. The van der Waals surface area contributed by atoms with E-state index in [0.29, 0.717) is 31.0 Å². The summed E-state index contributed by atoms with van der Waals surface area (Å²) < 4.78 is 28.6. The molecule has 11 atom stereocenters. The Balaban J connectivity index is 1.12. The Morgan fingerprint density at radius 1 is 1.07 bits per heavy atom. The fraction of sp³-hybridized carbons (Fsp3) is 0.882. The largest absolute Gasteiger partial charge is 0.379 e. The molecule has 45 heavy (non-hydrogen) atoms. The average molecular weight is 631 g/mol. The molecule has 6 fully saturated rings. The van der Waals surface area contributed by atoms with Crippen LogP contribution in [0.3, 0.4) is 0 Å². The second-order valence-corrected chi connectivity index (χ2v) is 15.0. The van der Waals surface area contributed by atoms with E-state index in [-0.39, 0.29) is 35.5 Å². The Kier molecular flexibility index (Phi) is 9.83. The number of hydrogen-bond acceptors (Lipinski definition) is 9. The molecule has 0 spiro atoms. The third-order valence-corrected chi connectivity index (χ3v) is 12.5. The molecule has 0 aromatic rings. The molecule has 0 bridgehead atoms. The van der Waals surface area contributed by atoms with Gasteiger partial charge in [-0.25, -0.2) is 4.39 Å². The van der Waals surface area contributed by atoms with Crippen LogP contribution in [0.15, 0.2) is 11.8 Å². The fourth-order valence-electron chi connectivity index (χ4n) is 9.98. The summed E-state index contributed by atoms with van der Waals surface area (Å²) in [5.41, 5.74) is 6.84. The molecule has 4 aliphatic heterocycles. The molecular weight excluding hydrogens is 575 g/mol. The van der Waals surface area contributed by atoms with E-state index in [9.17, 15) is 9.59 Å².